The molecular weight excluding hydrogens is 415 g/mol. The lowest BCUT2D eigenvalue weighted by atomic mass is 10.0. The van der Waals surface area contributed by atoms with Gasteiger partial charge in [0, 0.05) is 20.1 Å². The van der Waals surface area contributed by atoms with Crippen molar-refractivity contribution in [3.63, 3.8) is 0 Å². The number of aliphatic hydroxyl groups is 1. The van der Waals surface area contributed by atoms with Crippen LogP contribution >= 0.6 is 0 Å². The first-order chi connectivity index (χ1) is 15.3. The van der Waals surface area contributed by atoms with E-state index in [-0.39, 0.29) is 30.9 Å². The third kappa shape index (κ3) is 5.44. The Hall–Kier alpha value is -2.97. The van der Waals surface area contributed by atoms with Crippen molar-refractivity contribution in [3.05, 3.63) is 65.5 Å². The molecule has 1 heterocycles. The Morgan fingerprint density at radius 3 is 2.50 bits per heavy atom. The van der Waals surface area contributed by atoms with E-state index in [4.69, 9.17) is 9.47 Å². The van der Waals surface area contributed by atoms with Crippen molar-refractivity contribution in [2.75, 3.05) is 20.8 Å². The molecule has 172 valence electrons. The van der Waals surface area contributed by atoms with Crippen molar-refractivity contribution in [2.45, 2.75) is 44.1 Å². The summed E-state index contributed by atoms with van der Waals surface area (Å²) in [4.78, 5) is 27.2. The fourth-order valence-corrected chi connectivity index (χ4v) is 4.06. The Morgan fingerprint density at radius 2 is 1.88 bits per heavy atom. The van der Waals surface area contributed by atoms with Crippen molar-refractivity contribution in [2.24, 2.45) is 0 Å². The Bertz CT molecular complexity index is 936. The lowest BCUT2D eigenvalue weighted by Crippen LogP contribution is -2.50. The lowest BCUT2D eigenvalue weighted by Gasteiger charge is -2.28. The third-order valence-electron chi connectivity index (χ3n) is 5.72. The molecule has 3 rings (SSSR count). The maximum Gasteiger partial charge on any atom is 0.243 e. The first kappa shape index (κ1) is 23.7. The molecule has 1 fully saturated rings. The fourth-order valence-electron chi connectivity index (χ4n) is 4.06. The standard InChI is InChI=1S/C24H29FN2O5/c1-15(23(32-3)16-8-10-19(31-2)11-9-16)26-24(30)21-13-18(28)14-27(21)22(29)12-17-6-4-5-7-20(17)25/h4-11,15,18,21,23,28H,12-14H2,1-3H3,(H,26,30). The number of hydrogen-bond donors (Lipinski definition) is 2. The second-order valence-corrected chi connectivity index (χ2v) is 7.95. The van der Waals surface area contributed by atoms with Crippen LogP contribution in [0.4, 0.5) is 4.39 Å². The molecule has 0 saturated carbocycles. The van der Waals surface area contributed by atoms with Crippen LogP contribution in [-0.4, -0.2) is 60.8 Å². The van der Waals surface area contributed by atoms with Crippen LogP contribution in [0.3, 0.4) is 0 Å². The summed E-state index contributed by atoms with van der Waals surface area (Å²) in [5.41, 5.74) is 1.12. The van der Waals surface area contributed by atoms with E-state index in [1.54, 1.807) is 26.4 Å². The van der Waals surface area contributed by atoms with Gasteiger partial charge in [0.2, 0.25) is 11.8 Å². The summed E-state index contributed by atoms with van der Waals surface area (Å²) >= 11 is 0. The van der Waals surface area contributed by atoms with Gasteiger partial charge in [0.15, 0.2) is 0 Å². The molecule has 1 saturated heterocycles. The minimum absolute atomic E-state index is 0.0337. The van der Waals surface area contributed by atoms with Crippen LogP contribution in [0, 0.1) is 5.82 Å². The highest BCUT2D eigenvalue weighted by Gasteiger charge is 2.39. The Balaban J connectivity index is 1.68. The smallest absolute Gasteiger partial charge is 0.243 e. The average Bonchev–Trinajstić information content (AvgIpc) is 3.18. The van der Waals surface area contributed by atoms with E-state index in [1.807, 2.05) is 31.2 Å². The zero-order chi connectivity index (χ0) is 23.3. The SMILES string of the molecule is COc1ccc(C(OC)C(C)NC(=O)C2CC(O)CN2C(=O)Cc2ccccc2F)cc1. The monoisotopic (exact) mass is 444 g/mol. The summed E-state index contributed by atoms with van der Waals surface area (Å²) in [5.74, 6) is -0.550. The molecule has 2 aromatic rings. The summed E-state index contributed by atoms with van der Waals surface area (Å²) in [7, 11) is 3.14. The van der Waals surface area contributed by atoms with Crippen molar-refractivity contribution in [1.29, 1.82) is 0 Å². The van der Waals surface area contributed by atoms with Gasteiger partial charge in [-0.3, -0.25) is 9.59 Å². The van der Waals surface area contributed by atoms with Crippen LogP contribution in [0.15, 0.2) is 48.5 Å². The number of hydrogen-bond acceptors (Lipinski definition) is 5. The van der Waals surface area contributed by atoms with E-state index in [2.05, 4.69) is 5.32 Å². The van der Waals surface area contributed by atoms with E-state index in [0.717, 1.165) is 5.56 Å². The quantitative estimate of drug-likeness (QED) is 0.652. The van der Waals surface area contributed by atoms with Gasteiger partial charge in [-0.25, -0.2) is 4.39 Å². The zero-order valence-electron chi connectivity index (χ0n) is 18.5. The molecule has 0 spiro atoms. The normalized spacial score (nSPS) is 20.0. The summed E-state index contributed by atoms with van der Waals surface area (Å²) in [6.45, 7) is 1.85. The second kappa shape index (κ2) is 10.6. The molecule has 1 aliphatic heterocycles. The number of aliphatic hydroxyl groups excluding tert-OH is 1. The minimum Gasteiger partial charge on any atom is -0.497 e. The highest BCUT2D eigenvalue weighted by Crippen LogP contribution is 2.25. The molecule has 7 nitrogen and oxygen atoms in total. The number of nitrogens with zero attached hydrogens (tertiary/aromatic N) is 1. The van der Waals surface area contributed by atoms with Crippen molar-refractivity contribution < 1.29 is 28.6 Å². The lowest BCUT2D eigenvalue weighted by molar-refractivity contribution is -0.138. The third-order valence-corrected chi connectivity index (χ3v) is 5.72. The fraction of sp³-hybridized carbons (Fsp3) is 0.417. The largest absolute Gasteiger partial charge is 0.497 e. The molecule has 0 radical (unpaired) electrons. The van der Waals surface area contributed by atoms with Gasteiger partial charge in [-0.05, 0) is 36.2 Å². The van der Waals surface area contributed by atoms with Crippen LogP contribution in [0.5, 0.6) is 5.75 Å². The van der Waals surface area contributed by atoms with Gasteiger partial charge in [0.25, 0.3) is 0 Å². The zero-order valence-corrected chi connectivity index (χ0v) is 18.5. The van der Waals surface area contributed by atoms with Gasteiger partial charge >= 0.3 is 0 Å². The second-order valence-electron chi connectivity index (χ2n) is 7.95. The van der Waals surface area contributed by atoms with Gasteiger partial charge in [0.1, 0.15) is 23.7 Å². The predicted molar refractivity (Wildman–Crippen MR) is 117 cm³/mol. The molecule has 2 amide bonds. The Kier molecular flexibility index (Phi) is 7.82. The molecule has 32 heavy (non-hydrogen) atoms. The molecule has 4 unspecified atom stereocenters. The number of rotatable bonds is 8. The Labute approximate surface area is 187 Å². The number of ether oxygens (including phenoxy) is 2. The summed E-state index contributed by atoms with van der Waals surface area (Å²) < 4.78 is 24.7. The van der Waals surface area contributed by atoms with Gasteiger partial charge in [0.05, 0.1) is 25.7 Å². The first-order valence-corrected chi connectivity index (χ1v) is 10.5. The first-order valence-electron chi connectivity index (χ1n) is 10.5. The molecule has 2 N–H and O–H groups in total. The number of β-amino-alcohol motifs (C(OH)–C–C–N with tert-alkyl or cyclic N) is 1. The number of likely N-dealkylation sites (tertiary alicyclic amines) is 1. The van der Waals surface area contributed by atoms with Gasteiger partial charge in [-0.15, -0.1) is 0 Å². The molecule has 4 atom stereocenters. The number of halogens is 1. The van der Waals surface area contributed by atoms with Gasteiger partial charge < -0.3 is 24.8 Å². The number of carbonyl (C=O) groups excluding carboxylic acids is 2. The molecule has 0 aromatic heterocycles. The van der Waals surface area contributed by atoms with Gasteiger partial charge in [-0.2, -0.15) is 0 Å². The number of methoxy groups -OCH3 is 2. The number of benzene rings is 2. The molecular formula is C24H29FN2O5. The minimum atomic E-state index is -0.833. The van der Waals surface area contributed by atoms with Crippen LogP contribution in [0.2, 0.25) is 0 Å². The predicted octanol–water partition coefficient (Wildman–Crippen LogP) is 2.23. The average molecular weight is 445 g/mol. The topological polar surface area (TPSA) is 88.1 Å². The van der Waals surface area contributed by atoms with Crippen molar-refractivity contribution in [3.8, 4) is 5.75 Å². The van der Waals surface area contributed by atoms with Crippen LogP contribution in [-0.2, 0) is 20.7 Å². The van der Waals surface area contributed by atoms with Crippen LogP contribution < -0.4 is 10.1 Å². The van der Waals surface area contributed by atoms with Crippen LogP contribution in [0.1, 0.15) is 30.6 Å². The molecule has 8 heteroatoms. The maximum absolute atomic E-state index is 14.0. The van der Waals surface area contributed by atoms with Crippen molar-refractivity contribution in [1.82, 2.24) is 10.2 Å². The molecule has 0 aliphatic carbocycles. The number of nitrogens with one attached hydrogen (secondary N) is 1. The van der Waals surface area contributed by atoms with E-state index in [9.17, 15) is 19.1 Å². The van der Waals surface area contributed by atoms with Gasteiger partial charge in [-0.1, -0.05) is 30.3 Å². The highest BCUT2D eigenvalue weighted by atomic mass is 19.1. The molecule has 2 aromatic carbocycles. The van der Waals surface area contributed by atoms with Crippen molar-refractivity contribution >= 4 is 11.8 Å². The van der Waals surface area contributed by atoms with E-state index < -0.39 is 36.0 Å². The summed E-state index contributed by atoms with van der Waals surface area (Å²) in [6.07, 6.45) is -1.28. The van der Waals surface area contributed by atoms with Crippen LogP contribution in [0.25, 0.3) is 0 Å². The van der Waals surface area contributed by atoms with E-state index in [0.29, 0.717) is 5.75 Å². The van der Waals surface area contributed by atoms with E-state index in [1.165, 1.54) is 17.0 Å². The summed E-state index contributed by atoms with van der Waals surface area (Å²) in [6, 6.07) is 12.1. The Morgan fingerprint density at radius 1 is 1.19 bits per heavy atom. The highest BCUT2D eigenvalue weighted by molar-refractivity contribution is 5.89. The summed E-state index contributed by atoms with van der Waals surface area (Å²) in [5, 5.41) is 13.0. The molecule has 1 aliphatic rings. The number of amides is 2. The number of carbonyl (C=O) groups is 2. The van der Waals surface area contributed by atoms with E-state index >= 15 is 0 Å². The maximum atomic E-state index is 14.0. The molecule has 0 bridgehead atoms.